The van der Waals surface area contributed by atoms with Crippen LogP contribution in [0.5, 0.6) is 0 Å². The van der Waals surface area contributed by atoms with Crippen molar-refractivity contribution in [1.29, 1.82) is 0 Å². The quantitative estimate of drug-likeness (QED) is 0.769. The van der Waals surface area contributed by atoms with Crippen molar-refractivity contribution in [2.45, 2.75) is 33.9 Å². The molecular weight excluding hydrogens is 202 g/mol. The third-order valence-electron chi connectivity index (χ3n) is 2.43. The third-order valence-corrected chi connectivity index (χ3v) is 2.43. The number of hydrogen-bond acceptors (Lipinski definition) is 4. The molecule has 0 aromatic carbocycles. The Morgan fingerprint density at radius 3 is 2.88 bits per heavy atom. The molecule has 1 heterocycles. The number of nitrogens with one attached hydrogen (secondary N) is 1. The first-order valence-corrected chi connectivity index (χ1v) is 5.95. The second-order valence-electron chi connectivity index (χ2n) is 4.64. The normalized spacial score (nSPS) is 11.6. The molecule has 0 atom stereocenters. The van der Waals surface area contributed by atoms with Crippen LogP contribution in [-0.4, -0.2) is 30.2 Å². The van der Waals surface area contributed by atoms with Crippen molar-refractivity contribution in [3.05, 3.63) is 17.5 Å². The first kappa shape index (κ1) is 13.2. The zero-order valence-corrected chi connectivity index (χ0v) is 10.8. The van der Waals surface area contributed by atoms with E-state index in [0.29, 0.717) is 5.92 Å². The standard InChI is InChI=1S/C12H23N3O/c1-5-15(4)9-12-6-11(14-16-12)8-13-7-10(2)3/h6,10,13H,5,7-9H2,1-4H3. The van der Waals surface area contributed by atoms with E-state index in [2.05, 4.69) is 43.2 Å². The van der Waals surface area contributed by atoms with Gasteiger partial charge in [-0.3, -0.25) is 4.90 Å². The fraction of sp³-hybridized carbons (Fsp3) is 0.750. The smallest absolute Gasteiger partial charge is 0.151 e. The molecule has 0 bridgehead atoms. The molecule has 0 fully saturated rings. The Morgan fingerprint density at radius 2 is 2.25 bits per heavy atom. The SMILES string of the molecule is CCN(C)Cc1cc(CNCC(C)C)no1. The lowest BCUT2D eigenvalue weighted by molar-refractivity contribution is 0.281. The molecule has 1 aromatic rings. The fourth-order valence-corrected chi connectivity index (χ4v) is 1.38. The predicted molar refractivity (Wildman–Crippen MR) is 65.1 cm³/mol. The van der Waals surface area contributed by atoms with Crippen LogP contribution in [0, 0.1) is 5.92 Å². The highest BCUT2D eigenvalue weighted by atomic mass is 16.5. The van der Waals surface area contributed by atoms with Crippen LogP contribution in [0.4, 0.5) is 0 Å². The highest BCUT2D eigenvalue weighted by Crippen LogP contribution is 2.06. The Balaban J connectivity index is 2.33. The van der Waals surface area contributed by atoms with Crippen LogP contribution < -0.4 is 5.32 Å². The van der Waals surface area contributed by atoms with Gasteiger partial charge in [-0.15, -0.1) is 0 Å². The number of rotatable bonds is 7. The Morgan fingerprint density at radius 1 is 1.50 bits per heavy atom. The van der Waals surface area contributed by atoms with Crippen LogP contribution in [0.3, 0.4) is 0 Å². The number of aromatic nitrogens is 1. The average Bonchev–Trinajstić information content (AvgIpc) is 2.65. The topological polar surface area (TPSA) is 41.3 Å². The summed E-state index contributed by atoms with van der Waals surface area (Å²) in [6.07, 6.45) is 0. The monoisotopic (exact) mass is 225 g/mol. The fourth-order valence-electron chi connectivity index (χ4n) is 1.38. The largest absolute Gasteiger partial charge is 0.360 e. The second-order valence-corrected chi connectivity index (χ2v) is 4.64. The summed E-state index contributed by atoms with van der Waals surface area (Å²) in [5, 5.41) is 7.38. The predicted octanol–water partition coefficient (Wildman–Crippen LogP) is 1.87. The molecule has 0 aliphatic carbocycles. The molecule has 4 nitrogen and oxygen atoms in total. The molecule has 16 heavy (non-hydrogen) atoms. The summed E-state index contributed by atoms with van der Waals surface area (Å²) in [4.78, 5) is 2.19. The Labute approximate surface area is 98.0 Å². The first-order valence-electron chi connectivity index (χ1n) is 5.95. The van der Waals surface area contributed by atoms with Gasteiger partial charge < -0.3 is 9.84 Å². The van der Waals surface area contributed by atoms with Crippen molar-refractivity contribution in [1.82, 2.24) is 15.4 Å². The van der Waals surface area contributed by atoms with Crippen LogP contribution in [-0.2, 0) is 13.1 Å². The summed E-state index contributed by atoms with van der Waals surface area (Å²) in [5.74, 6) is 1.60. The zero-order valence-electron chi connectivity index (χ0n) is 10.8. The summed E-state index contributed by atoms with van der Waals surface area (Å²) in [5.41, 5.74) is 0.986. The van der Waals surface area contributed by atoms with Gasteiger partial charge in [-0.05, 0) is 26.1 Å². The summed E-state index contributed by atoms with van der Waals surface area (Å²) in [7, 11) is 2.07. The van der Waals surface area contributed by atoms with Crippen molar-refractivity contribution in [2.75, 3.05) is 20.1 Å². The zero-order chi connectivity index (χ0) is 12.0. The maximum atomic E-state index is 5.26. The van der Waals surface area contributed by atoms with Crippen LogP contribution in [0.1, 0.15) is 32.2 Å². The molecule has 0 saturated carbocycles. The Kier molecular flexibility index (Phi) is 5.49. The summed E-state index contributed by atoms with van der Waals surface area (Å²) in [6.45, 7) is 10.2. The minimum Gasteiger partial charge on any atom is -0.360 e. The average molecular weight is 225 g/mol. The highest BCUT2D eigenvalue weighted by Gasteiger charge is 2.06. The molecule has 1 rings (SSSR count). The minimum atomic E-state index is 0.664. The molecule has 0 amide bonds. The van der Waals surface area contributed by atoms with Crippen LogP contribution in [0.25, 0.3) is 0 Å². The lowest BCUT2D eigenvalue weighted by Gasteiger charge is -2.09. The molecule has 0 radical (unpaired) electrons. The van der Waals surface area contributed by atoms with Crippen molar-refractivity contribution < 1.29 is 4.52 Å². The number of hydrogen-bond donors (Lipinski definition) is 1. The van der Waals surface area contributed by atoms with Gasteiger partial charge >= 0.3 is 0 Å². The third kappa shape index (κ3) is 4.77. The molecule has 1 N–H and O–H groups in total. The first-order chi connectivity index (χ1) is 7.61. The van der Waals surface area contributed by atoms with E-state index in [1.54, 1.807) is 0 Å². The van der Waals surface area contributed by atoms with Crippen molar-refractivity contribution >= 4 is 0 Å². The summed E-state index contributed by atoms with van der Waals surface area (Å²) in [6, 6.07) is 2.03. The molecule has 0 unspecified atom stereocenters. The Hall–Kier alpha value is -0.870. The Bertz CT molecular complexity index is 296. The van der Waals surface area contributed by atoms with Gasteiger partial charge in [-0.2, -0.15) is 0 Å². The van der Waals surface area contributed by atoms with Crippen LogP contribution in [0.2, 0.25) is 0 Å². The molecule has 0 aliphatic rings. The summed E-state index contributed by atoms with van der Waals surface area (Å²) >= 11 is 0. The second kappa shape index (κ2) is 6.66. The van der Waals surface area contributed by atoms with E-state index in [1.165, 1.54) is 0 Å². The van der Waals surface area contributed by atoms with E-state index in [-0.39, 0.29) is 0 Å². The minimum absolute atomic E-state index is 0.664. The molecular formula is C12H23N3O. The van der Waals surface area contributed by atoms with Gasteiger partial charge in [0.05, 0.1) is 12.2 Å². The number of nitrogens with zero attached hydrogens (tertiary/aromatic N) is 2. The van der Waals surface area contributed by atoms with Gasteiger partial charge in [0.1, 0.15) is 0 Å². The van der Waals surface area contributed by atoms with Crippen molar-refractivity contribution in [3.8, 4) is 0 Å². The highest BCUT2D eigenvalue weighted by molar-refractivity contribution is 5.04. The van der Waals surface area contributed by atoms with Gasteiger partial charge in [-0.1, -0.05) is 25.9 Å². The van der Waals surface area contributed by atoms with E-state index in [0.717, 1.165) is 37.6 Å². The van der Waals surface area contributed by atoms with E-state index in [1.807, 2.05) is 6.07 Å². The van der Waals surface area contributed by atoms with Gasteiger partial charge in [0.25, 0.3) is 0 Å². The maximum Gasteiger partial charge on any atom is 0.151 e. The summed E-state index contributed by atoms with van der Waals surface area (Å²) < 4.78 is 5.26. The van der Waals surface area contributed by atoms with Crippen molar-refractivity contribution in [2.24, 2.45) is 5.92 Å². The maximum absolute atomic E-state index is 5.26. The molecule has 0 aliphatic heterocycles. The van der Waals surface area contributed by atoms with Gasteiger partial charge in [-0.25, -0.2) is 0 Å². The van der Waals surface area contributed by atoms with E-state index < -0.39 is 0 Å². The molecule has 0 saturated heterocycles. The van der Waals surface area contributed by atoms with Crippen LogP contribution >= 0.6 is 0 Å². The van der Waals surface area contributed by atoms with Crippen molar-refractivity contribution in [3.63, 3.8) is 0 Å². The van der Waals surface area contributed by atoms with E-state index in [9.17, 15) is 0 Å². The molecule has 92 valence electrons. The lowest BCUT2D eigenvalue weighted by Crippen LogP contribution is -2.19. The van der Waals surface area contributed by atoms with Gasteiger partial charge in [0.2, 0.25) is 0 Å². The van der Waals surface area contributed by atoms with Gasteiger partial charge in [0, 0.05) is 12.6 Å². The molecule has 0 spiro atoms. The molecule has 4 heteroatoms. The van der Waals surface area contributed by atoms with E-state index in [4.69, 9.17) is 4.52 Å². The van der Waals surface area contributed by atoms with Crippen LogP contribution in [0.15, 0.2) is 10.6 Å². The van der Waals surface area contributed by atoms with E-state index >= 15 is 0 Å². The molecule has 1 aromatic heterocycles. The van der Waals surface area contributed by atoms with Gasteiger partial charge in [0.15, 0.2) is 5.76 Å². The lowest BCUT2D eigenvalue weighted by atomic mass is 10.2.